The number of likely N-dealkylation sites (tertiary alicyclic amines) is 1. The van der Waals surface area contributed by atoms with Crippen molar-refractivity contribution in [1.29, 1.82) is 0 Å². The molecule has 2 atom stereocenters. The van der Waals surface area contributed by atoms with Crippen molar-refractivity contribution < 1.29 is 19.6 Å². The summed E-state index contributed by atoms with van der Waals surface area (Å²) in [6.07, 6.45) is 0.491. The third-order valence-electron chi connectivity index (χ3n) is 3.91. The van der Waals surface area contributed by atoms with E-state index in [0.29, 0.717) is 19.5 Å². The first-order valence-corrected chi connectivity index (χ1v) is 7.39. The van der Waals surface area contributed by atoms with Gasteiger partial charge >= 0.3 is 5.97 Å². The maximum Gasteiger partial charge on any atom is 0.307 e. The Bertz CT molecular complexity index is 655. The number of carboxylic acid groups (broad SMARTS) is 1. The average molecular weight is 378 g/mol. The van der Waals surface area contributed by atoms with E-state index in [1.54, 1.807) is 11.8 Å². The van der Waals surface area contributed by atoms with Crippen LogP contribution in [0.1, 0.15) is 13.3 Å². The number of amides is 1. The van der Waals surface area contributed by atoms with Crippen LogP contribution in [-0.4, -0.2) is 45.9 Å². The molecule has 1 aliphatic rings. The van der Waals surface area contributed by atoms with E-state index in [1.807, 2.05) is 0 Å². The van der Waals surface area contributed by atoms with Crippen molar-refractivity contribution in [2.45, 2.75) is 19.4 Å². The van der Waals surface area contributed by atoms with Crippen molar-refractivity contribution in [2.24, 2.45) is 5.92 Å². The van der Waals surface area contributed by atoms with E-state index < -0.39 is 28.8 Å². The van der Waals surface area contributed by atoms with Crippen LogP contribution in [0.2, 0.25) is 5.02 Å². The maximum atomic E-state index is 12.3. The molecule has 0 radical (unpaired) electrons. The summed E-state index contributed by atoms with van der Waals surface area (Å²) < 4.78 is 0. The zero-order chi connectivity index (χ0) is 17.1. The fraction of sp³-hybridized carbons (Fsp3) is 0.429. The molecule has 1 amide bonds. The number of nitrogens with one attached hydrogen (secondary N) is 1. The van der Waals surface area contributed by atoms with Gasteiger partial charge in [0.2, 0.25) is 5.91 Å². The Morgan fingerprint density at radius 1 is 1.50 bits per heavy atom. The molecule has 0 bridgehead atoms. The van der Waals surface area contributed by atoms with Gasteiger partial charge in [-0.15, -0.1) is 12.4 Å². The van der Waals surface area contributed by atoms with Gasteiger partial charge in [0.15, 0.2) is 0 Å². The number of non-ortho nitro benzene ring substituents is 1. The molecule has 132 valence electrons. The second kappa shape index (κ2) is 8.27. The number of carbonyl (C=O) groups is 2. The molecule has 0 spiro atoms. The standard InChI is InChI=1S/C14H16ClN3O5.ClH/c1-8(17-5-4-9(7-17)14(20)21)13(19)16-12-6-10(18(22)23)2-3-11(12)15;/h2-3,6,8-9H,4-5,7H2,1H3,(H,16,19)(H,20,21);1H. The Morgan fingerprint density at radius 2 is 2.17 bits per heavy atom. The molecule has 2 unspecified atom stereocenters. The SMILES string of the molecule is CC(C(=O)Nc1cc([N+](=O)[O-])ccc1Cl)N1CCC(C(=O)O)C1.Cl. The minimum atomic E-state index is -0.873. The number of halogens is 2. The van der Waals surface area contributed by atoms with Crippen LogP contribution in [0, 0.1) is 16.0 Å². The zero-order valence-corrected chi connectivity index (χ0v) is 14.3. The highest BCUT2D eigenvalue weighted by Gasteiger charge is 2.33. The number of carboxylic acids is 1. The van der Waals surface area contributed by atoms with Gasteiger partial charge in [-0.25, -0.2) is 0 Å². The van der Waals surface area contributed by atoms with E-state index in [0.717, 1.165) is 0 Å². The first kappa shape index (κ1) is 20.1. The molecule has 1 aliphatic heterocycles. The normalized spacial score (nSPS) is 18.5. The number of hydrogen-bond acceptors (Lipinski definition) is 5. The van der Waals surface area contributed by atoms with Crippen molar-refractivity contribution in [2.75, 3.05) is 18.4 Å². The molecule has 1 saturated heterocycles. The largest absolute Gasteiger partial charge is 0.481 e. The predicted octanol–water partition coefficient (Wildman–Crippen LogP) is 2.40. The van der Waals surface area contributed by atoms with Crippen molar-refractivity contribution in [3.63, 3.8) is 0 Å². The first-order chi connectivity index (χ1) is 10.8. The number of benzene rings is 1. The monoisotopic (exact) mass is 377 g/mol. The lowest BCUT2D eigenvalue weighted by Crippen LogP contribution is -2.41. The molecule has 0 aromatic heterocycles. The highest BCUT2D eigenvalue weighted by molar-refractivity contribution is 6.33. The Balaban J connectivity index is 0.00000288. The van der Waals surface area contributed by atoms with Crippen LogP contribution in [-0.2, 0) is 9.59 Å². The summed E-state index contributed by atoms with van der Waals surface area (Å²) in [6.45, 7) is 2.46. The molecule has 0 aliphatic carbocycles. The third-order valence-corrected chi connectivity index (χ3v) is 4.24. The van der Waals surface area contributed by atoms with Gasteiger partial charge in [-0.05, 0) is 26.0 Å². The van der Waals surface area contributed by atoms with Gasteiger partial charge in [0.1, 0.15) is 0 Å². The molecule has 1 aromatic rings. The van der Waals surface area contributed by atoms with Crippen LogP contribution in [0.3, 0.4) is 0 Å². The molecule has 10 heteroatoms. The number of anilines is 1. The van der Waals surface area contributed by atoms with Gasteiger partial charge < -0.3 is 10.4 Å². The van der Waals surface area contributed by atoms with Crippen molar-refractivity contribution >= 4 is 47.3 Å². The average Bonchev–Trinajstić information content (AvgIpc) is 2.98. The summed E-state index contributed by atoms with van der Waals surface area (Å²) in [5.74, 6) is -1.74. The zero-order valence-electron chi connectivity index (χ0n) is 12.8. The summed E-state index contributed by atoms with van der Waals surface area (Å²) >= 11 is 5.95. The molecular weight excluding hydrogens is 361 g/mol. The summed E-state index contributed by atoms with van der Waals surface area (Å²) in [6, 6.07) is 3.22. The highest BCUT2D eigenvalue weighted by Crippen LogP contribution is 2.27. The lowest BCUT2D eigenvalue weighted by Gasteiger charge is -2.23. The Morgan fingerprint density at radius 3 is 2.71 bits per heavy atom. The Labute approximate surface area is 149 Å². The van der Waals surface area contributed by atoms with Crippen LogP contribution in [0.25, 0.3) is 0 Å². The predicted molar refractivity (Wildman–Crippen MR) is 90.8 cm³/mol. The van der Waals surface area contributed by atoms with Gasteiger partial charge in [-0.1, -0.05) is 11.6 Å². The van der Waals surface area contributed by atoms with Gasteiger partial charge in [0, 0.05) is 18.7 Å². The van der Waals surface area contributed by atoms with E-state index in [-0.39, 0.29) is 28.8 Å². The van der Waals surface area contributed by atoms with Crippen molar-refractivity contribution in [3.05, 3.63) is 33.3 Å². The van der Waals surface area contributed by atoms with Gasteiger partial charge in [0.25, 0.3) is 5.69 Å². The lowest BCUT2D eigenvalue weighted by atomic mass is 10.1. The van der Waals surface area contributed by atoms with E-state index in [2.05, 4.69) is 5.32 Å². The number of rotatable bonds is 5. The molecule has 1 heterocycles. The number of aliphatic carboxylic acids is 1. The van der Waals surface area contributed by atoms with E-state index in [4.69, 9.17) is 16.7 Å². The molecule has 1 fully saturated rings. The van der Waals surface area contributed by atoms with Crippen LogP contribution in [0.5, 0.6) is 0 Å². The third kappa shape index (κ3) is 4.56. The van der Waals surface area contributed by atoms with Gasteiger partial charge in [-0.3, -0.25) is 24.6 Å². The van der Waals surface area contributed by atoms with E-state index in [1.165, 1.54) is 18.2 Å². The molecule has 1 aromatic carbocycles. The minimum Gasteiger partial charge on any atom is -0.481 e. The summed E-state index contributed by atoms with van der Waals surface area (Å²) in [7, 11) is 0. The van der Waals surface area contributed by atoms with Gasteiger partial charge in [-0.2, -0.15) is 0 Å². The first-order valence-electron chi connectivity index (χ1n) is 7.01. The van der Waals surface area contributed by atoms with Crippen LogP contribution in [0.15, 0.2) is 18.2 Å². The number of nitrogens with zero attached hydrogens (tertiary/aromatic N) is 2. The second-order valence-electron chi connectivity index (χ2n) is 5.41. The quantitative estimate of drug-likeness (QED) is 0.601. The van der Waals surface area contributed by atoms with Crippen molar-refractivity contribution in [1.82, 2.24) is 4.90 Å². The van der Waals surface area contributed by atoms with Crippen LogP contribution >= 0.6 is 24.0 Å². The van der Waals surface area contributed by atoms with Crippen LogP contribution < -0.4 is 5.32 Å². The van der Waals surface area contributed by atoms with Gasteiger partial charge in [0.05, 0.1) is 27.6 Å². The Hall–Kier alpha value is -1.90. The van der Waals surface area contributed by atoms with E-state index in [9.17, 15) is 19.7 Å². The summed E-state index contributed by atoms with van der Waals surface area (Å²) in [5, 5.41) is 22.5. The fourth-order valence-electron chi connectivity index (χ4n) is 2.47. The van der Waals surface area contributed by atoms with Crippen LogP contribution in [0.4, 0.5) is 11.4 Å². The molecule has 0 saturated carbocycles. The number of nitro benzene ring substituents is 1. The molecule has 2 N–H and O–H groups in total. The summed E-state index contributed by atoms with van der Waals surface area (Å²) in [5.41, 5.74) is -0.0174. The number of hydrogen-bond donors (Lipinski definition) is 2. The van der Waals surface area contributed by atoms with Crippen molar-refractivity contribution in [3.8, 4) is 0 Å². The number of carbonyl (C=O) groups excluding carboxylic acids is 1. The minimum absolute atomic E-state index is 0. The number of nitro groups is 1. The lowest BCUT2D eigenvalue weighted by molar-refractivity contribution is -0.384. The van der Waals surface area contributed by atoms with E-state index >= 15 is 0 Å². The summed E-state index contributed by atoms with van der Waals surface area (Å²) in [4.78, 5) is 35.2. The smallest absolute Gasteiger partial charge is 0.307 e. The molecule has 2 rings (SSSR count). The second-order valence-corrected chi connectivity index (χ2v) is 5.81. The molecule has 8 nitrogen and oxygen atoms in total. The topological polar surface area (TPSA) is 113 Å². The Kier molecular flexibility index (Phi) is 6.94. The molecule has 24 heavy (non-hydrogen) atoms. The highest BCUT2D eigenvalue weighted by atomic mass is 35.5. The molecular formula is C14H17Cl2N3O5. The maximum absolute atomic E-state index is 12.3. The fourth-order valence-corrected chi connectivity index (χ4v) is 2.63.